The van der Waals surface area contributed by atoms with Crippen molar-refractivity contribution in [2.75, 3.05) is 19.6 Å². The topological polar surface area (TPSA) is 68.2 Å². The minimum Gasteiger partial charge on any atom is -0.339 e. The number of hydrogen-bond donors (Lipinski definition) is 1. The molecular formula is C15H24N4O. The quantitative estimate of drug-likeness (QED) is 0.911. The average Bonchev–Trinajstić information content (AvgIpc) is 3.22. The summed E-state index contributed by atoms with van der Waals surface area (Å²) in [5.74, 6) is 3.74. The molecule has 110 valence electrons. The normalized spacial score (nSPS) is 35.0. The Labute approximate surface area is 119 Å². The van der Waals surface area contributed by atoms with E-state index in [1.54, 1.807) is 0 Å². The molecule has 3 fully saturated rings. The van der Waals surface area contributed by atoms with Gasteiger partial charge in [-0.15, -0.1) is 0 Å². The van der Waals surface area contributed by atoms with Gasteiger partial charge < -0.3 is 15.2 Å². The number of nitrogens with zero attached hydrogens (tertiary/aromatic N) is 3. The molecule has 1 aromatic rings. The predicted octanol–water partition coefficient (Wildman–Crippen LogP) is 2.07. The van der Waals surface area contributed by atoms with Crippen molar-refractivity contribution in [2.24, 2.45) is 17.6 Å². The van der Waals surface area contributed by atoms with Crippen LogP contribution in [0.2, 0.25) is 0 Å². The van der Waals surface area contributed by atoms with Gasteiger partial charge in [-0.25, -0.2) is 0 Å². The number of rotatable bonds is 4. The smallest absolute Gasteiger partial charge is 0.230 e. The third-order valence-electron chi connectivity index (χ3n) is 5.50. The fourth-order valence-electron chi connectivity index (χ4n) is 4.42. The Balaban J connectivity index is 1.42. The SMILES string of the molecule is NC(CN1CCCC1)c1noc(C2CC3CCC2C3)n1. The van der Waals surface area contributed by atoms with Crippen LogP contribution in [0.3, 0.4) is 0 Å². The van der Waals surface area contributed by atoms with E-state index < -0.39 is 0 Å². The van der Waals surface area contributed by atoms with E-state index in [1.165, 1.54) is 38.5 Å². The summed E-state index contributed by atoms with van der Waals surface area (Å²) in [5.41, 5.74) is 6.24. The zero-order valence-corrected chi connectivity index (χ0v) is 12.0. The van der Waals surface area contributed by atoms with E-state index >= 15 is 0 Å². The van der Waals surface area contributed by atoms with Gasteiger partial charge in [-0.1, -0.05) is 11.6 Å². The van der Waals surface area contributed by atoms with Crippen molar-refractivity contribution in [1.29, 1.82) is 0 Å². The number of hydrogen-bond acceptors (Lipinski definition) is 5. The lowest BCUT2D eigenvalue weighted by Gasteiger charge is -2.18. The highest BCUT2D eigenvalue weighted by atomic mass is 16.5. The van der Waals surface area contributed by atoms with Crippen LogP contribution in [0, 0.1) is 11.8 Å². The predicted molar refractivity (Wildman–Crippen MR) is 75.1 cm³/mol. The number of fused-ring (bicyclic) bond motifs is 2. The second kappa shape index (κ2) is 5.11. The first-order chi connectivity index (χ1) is 9.79. The van der Waals surface area contributed by atoms with Gasteiger partial charge in [0.2, 0.25) is 5.89 Å². The molecule has 2 N–H and O–H groups in total. The van der Waals surface area contributed by atoms with Gasteiger partial charge in [-0.2, -0.15) is 4.98 Å². The van der Waals surface area contributed by atoms with Crippen LogP contribution in [0.1, 0.15) is 62.2 Å². The van der Waals surface area contributed by atoms with Gasteiger partial charge in [0.1, 0.15) is 0 Å². The lowest BCUT2D eigenvalue weighted by atomic mass is 9.89. The largest absolute Gasteiger partial charge is 0.339 e. The minimum absolute atomic E-state index is 0.107. The zero-order valence-electron chi connectivity index (χ0n) is 12.0. The van der Waals surface area contributed by atoms with Gasteiger partial charge >= 0.3 is 0 Å². The number of aromatic nitrogens is 2. The molecule has 3 aliphatic rings. The molecule has 2 bridgehead atoms. The van der Waals surface area contributed by atoms with Gasteiger partial charge in [0.15, 0.2) is 5.82 Å². The van der Waals surface area contributed by atoms with Crippen LogP contribution < -0.4 is 5.73 Å². The first-order valence-electron chi connectivity index (χ1n) is 8.11. The Kier molecular flexibility index (Phi) is 3.27. The zero-order chi connectivity index (χ0) is 13.5. The van der Waals surface area contributed by atoms with E-state index in [1.807, 2.05) is 0 Å². The lowest BCUT2D eigenvalue weighted by Crippen LogP contribution is -2.30. The van der Waals surface area contributed by atoms with Crippen LogP contribution in [-0.4, -0.2) is 34.7 Å². The molecule has 2 aliphatic carbocycles. The second-order valence-electron chi connectivity index (χ2n) is 6.89. The Morgan fingerprint density at radius 3 is 2.80 bits per heavy atom. The maximum Gasteiger partial charge on any atom is 0.230 e. The van der Waals surface area contributed by atoms with Crippen LogP contribution >= 0.6 is 0 Å². The molecule has 5 nitrogen and oxygen atoms in total. The van der Waals surface area contributed by atoms with Crippen LogP contribution in [0.4, 0.5) is 0 Å². The van der Waals surface area contributed by atoms with Gasteiger partial charge in [-0.05, 0) is 57.0 Å². The third kappa shape index (κ3) is 2.27. The molecule has 1 saturated heterocycles. The molecule has 0 aromatic carbocycles. The van der Waals surface area contributed by atoms with E-state index in [2.05, 4.69) is 15.0 Å². The first-order valence-corrected chi connectivity index (χ1v) is 8.11. The number of likely N-dealkylation sites (tertiary alicyclic amines) is 1. The summed E-state index contributed by atoms with van der Waals surface area (Å²) in [7, 11) is 0. The molecule has 0 spiro atoms. The molecular weight excluding hydrogens is 252 g/mol. The van der Waals surface area contributed by atoms with Crippen LogP contribution in [0.25, 0.3) is 0 Å². The highest BCUT2D eigenvalue weighted by Gasteiger charge is 2.43. The minimum atomic E-state index is -0.107. The summed E-state index contributed by atoms with van der Waals surface area (Å²) in [6, 6.07) is -0.107. The molecule has 4 rings (SSSR count). The summed E-state index contributed by atoms with van der Waals surface area (Å²) in [6.07, 6.45) is 7.92. The molecule has 2 saturated carbocycles. The third-order valence-corrected chi connectivity index (χ3v) is 5.50. The average molecular weight is 276 g/mol. The fourth-order valence-corrected chi connectivity index (χ4v) is 4.42. The van der Waals surface area contributed by atoms with E-state index in [0.717, 1.165) is 37.4 Å². The van der Waals surface area contributed by atoms with E-state index in [0.29, 0.717) is 11.7 Å². The molecule has 4 unspecified atom stereocenters. The standard InChI is InChI=1S/C15H24N4O/c16-13(9-19-5-1-2-6-19)14-17-15(20-18-14)12-8-10-3-4-11(12)7-10/h10-13H,1-9,16H2. The monoisotopic (exact) mass is 276 g/mol. The molecule has 1 aromatic heterocycles. The Hall–Kier alpha value is -0.940. The summed E-state index contributed by atoms with van der Waals surface area (Å²) in [6.45, 7) is 3.17. The second-order valence-corrected chi connectivity index (χ2v) is 6.89. The van der Waals surface area contributed by atoms with Crippen molar-refractivity contribution < 1.29 is 4.52 Å². The van der Waals surface area contributed by atoms with Crippen molar-refractivity contribution in [1.82, 2.24) is 15.0 Å². The van der Waals surface area contributed by atoms with Crippen LogP contribution in [0.15, 0.2) is 4.52 Å². The van der Waals surface area contributed by atoms with Gasteiger partial charge in [0.05, 0.1) is 6.04 Å². The molecule has 0 amide bonds. The summed E-state index contributed by atoms with van der Waals surface area (Å²) < 4.78 is 5.53. The van der Waals surface area contributed by atoms with Gasteiger partial charge in [0, 0.05) is 12.5 Å². The Morgan fingerprint density at radius 2 is 2.10 bits per heavy atom. The molecule has 1 aliphatic heterocycles. The Bertz CT molecular complexity index is 468. The molecule has 2 heterocycles. The highest BCUT2D eigenvalue weighted by Crippen LogP contribution is 2.52. The van der Waals surface area contributed by atoms with Crippen molar-refractivity contribution in [3.63, 3.8) is 0 Å². The van der Waals surface area contributed by atoms with E-state index in [-0.39, 0.29) is 6.04 Å². The van der Waals surface area contributed by atoms with Crippen molar-refractivity contribution in [2.45, 2.75) is 50.5 Å². The molecule has 4 atom stereocenters. The molecule has 0 radical (unpaired) electrons. The van der Waals surface area contributed by atoms with Crippen molar-refractivity contribution in [3.05, 3.63) is 11.7 Å². The van der Waals surface area contributed by atoms with Crippen LogP contribution in [-0.2, 0) is 0 Å². The Morgan fingerprint density at radius 1 is 1.25 bits per heavy atom. The maximum absolute atomic E-state index is 6.24. The fraction of sp³-hybridized carbons (Fsp3) is 0.867. The van der Waals surface area contributed by atoms with Gasteiger partial charge in [0.25, 0.3) is 0 Å². The lowest BCUT2D eigenvalue weighted by molar-refractivity contribution is 0.291. The van der Waals surface area contributed by atoms with Gasteiger partial charge in [-0.3, -0.25) is 0 Å². The molecule has 5 heteroatoms. The van der Waals surface area contributed by atoms with Crippen molar-refractivity contribution in [3.8, 4) is 0 Å². The summed E-state index contributed by atoms with van der Waals surface area (Å²) in [5, 5.41) is 4.15. The first kappa shape index (κ1) is 12.8. The molecule has 20 heavy (non-hydrogen) atoms. The summed E-state index contributed by atoms with van der Waals surface area (Å²) >= 11 is 0. The van der Waals surface area contributed by atoms with E-state index in [9.17, 15) is 0 Å². The van der Waals surface area contributed by atoms with Crippen LogP contribution in [0.5, 0.6) is 0 Å². The van der Waals surface area contributed by atoms with Crippen molar-refractivity contribution >= 4 is 0 Å². The summed E-state index contributed by atoms with van der Waals surface area (Å²) in [4.78, 5) is 7.02. The number of nitrogens with two attached hydrogens (primary N) is 1. The maximum atomic E-state index is 6.24. The highest BCUT2D eigenvalue weighted by molar-refractivity contribution is 5.06. The van der Waals surface area contributed by atoms with E-state index in [4.69, 9.17) is 10.3 Å².